The molecule has 4 unspecified atom stereocenters. The highest BCUT2D eigenvalue weighted by atomic mass is 16.7. The Labute approximate surface area is 138 Å². The summed E-state index contributed by atoms with van der Waals surface area (Å²) in [5.74, 6) is 0. The largest absolute Gasteiger partial charge is 0.382 e. The monoisotopic (exact) mass is 334 g/mol. The first-order chi connectivity index (χ1) is 11.1. The lowest BCUT2D eigenvalue weighted by Gasteiger charge is -2.24. The second kappa shape index (κ2) is 8.71. The molecular formula is C16H30O7. The fraction of sp³-hybridized carbons (Fsp3) is 1.00. The predicted octanol–water partition coefficient (Wildman–Crippen LogP) is 0.644. The fourth-order valence-corrected chi connectivity index (χ4v) is 2.37. The van der Waals surface area contributed by atoms with Crippen LogP contribution in [0.2, 0.25) is 0 Å². The number of hydrogen-bond donors (Lipinski definition) is 0. The van der Waals surface area contributed by atoms with E-state index in [0.29, 0.717) is 52.9 Å². The molecule has 2 rings (SSSR count). The molecule has 0 amide bonds. The standard InChI is InChI=1S/C16H30O7/c1-13(20-7-5-17-3)15(11-22-15)9-19-10-16(12-23-16)14(2)21-8-6-18-4/h13-14H,5-12H2,1-4H3. The van der Waals surface area contributed by atoms with Gasteiger partial charge in [0.1, 0.15) is 11.2 Å². The minimum atomic E-state index is -0.329. The van der Waals surface area contributed by atoms with Gasteiger partial charge >= 0.3 is 0 Å². The Morgan fingerprint density at radius 2 is 1.17 bits per heavy atom. The molecule has 2 aliphatic heterocycles. The van der Waals surface area contributed by atoms with Gasteiger partial charge in [-0.3, -0.25) is 0 Å². The molecule has 7 nitrogen and oxygen atoms in total. The van der Waals surface area contributed by atoms with E-state index in [1.54, 1.807) is 14.2 Å². The quantitative estimate of drug-likeness (QED) is 0.341. The minimum absolute atomic E-state index is 0.0240. The third-order valence-corrected chi connectivity index (χ3v) is 4.52. The summed E-state index contributed by atoms with van der Waals surface area (Å²) in [5.41, 5.74) is -0.659. The molecule has 0 spiro atoms. The van der Waals surface area contributed by atoms with E-state index < -0.39 is 0 Å². The molecule has 0 radical (unpaired) electrons. The molecule has 2 heterocycles. The average Bonchev–Trinajstić information content (AvgIpc) is 3.44. The number of methoxy groups -OCH3 is 2. The molecule has 2 aliphatic rings. The molecule has 0 aromatic heterocycles. The van der Waals surface area contributed by atoms with Gasteiger partial charge < -0.3 is 33.2 Å². The van der Waals surface area contributed by atoms with E-state index in [2.05, 4.69) is 0 Å². The summed E-state index contributed by atoms with van der Waals surface area (Å²) in [5, 5.41) is 0. The number of epoxide rings is 2. The van der Waals surface area contributed by atoms with Crippen LogP contribution in [-0.2, 0) is 33.2 Å². The summed E-state index contributed by atoms with van der Waals surface area (Å²) in [6.07, 6.45) is -0.0480. The zero-order chi connectivity index (χ0) is 16.8. The zero-order valence-corrected chi connectivity index (χ0v) is 14.7. The van der Waals surface area contributed by atoms with Crippen LogP contribution in [0.3, 0.4) is 0 Å². The predicted molar refractivity (Wildman–Crippen MR) is 82.8 cm³/mol. The number of hydrogen-bond acceptors (Lipinski definition) is 7. The van der Waals surface area contributed by atoms with E-state index in [9.17, 15) is 0 Å². The normalized spacial score (nSPS) is 31.8. The van der Waals surface area contributed by atoms with Crippen molar-refractivity contribution in [2.45, 2.75) is 37.3 Å². The van der Waals surface area contributed by atoms with E-state index in [1.165, 1.54) is 0 Å². The average molecular weight is 334 g/mol. The molecule has 4 atom stereocenters. The molecule has 0 N–H and O–H groups in total. The SMILES string of the molecule is COCCOC(C)C1(COCC2(C(C)OCCOC)CO2)CO1. The van der Waals surface area contributed by atoms with Gasteiger partial charge in [-0.15, -0.1) is 0 Å². The van der Waals surface area contributed by atoms with Crippen molar-refractivity contribution < 1.29 is 33.2 Å². The fourth-order valence-electron chi connectivity index (χ4n) is 2.37. The van der Waals surface area contributed by atoms with Gasteiger partial charge in [-0.05, 0) is 13.8 Å². The van der Waals surface area contributed by atoms with Gasteiger partial charge in [0.2, 0.25) is 0 Å². The van der Waals surface area contributed by atoms with Gasteiger partial charge in [-0.1, -0.05) is 0 Å². The smallest absolute Gasteiger partial charge is 0.140 e. The first-order valence-electron chi connectivity index (χ1n) is 8.15. The van der Waals surface area contributed by atoms with Crippen molar-refractivity contribution in [1.82, 2.24) is 0 Å². The van der Waals surface area contributed by atoms with Crippen molar-refractivity contribution in [3.8, 4) is 0 Å². The van der Waals surface area contributed by atoms with Gasteiger partial charge in [0.15, 0.2) is 0 Å². The topological polar surface area (TPSA) is 71.2 Å². The molecule has 0 aromatic rings. The van der Waals surface area contributed by atoms with Crippen LogP contribution in [0.4, 0.5) is 0 Å². The molecule has 0 aromatic carbocycles. The van der Waals surface area contributed by atoms with Crippen molar-refractivity contribution in [3.05, 3.63) is 0 Å². The van der Waals surface area contributed by atoms with E-state index >= 15 is 0 Å². The lowest BCUT2D eigenvalue weighted by Crippen LogP contribution is -2.40. The van der Waals surface area contributed by atoms with Crippen LogP contribution in [0.5, 0.6) is 0 Å². The third-order valence-electron chi connectivity index (χ3n) is 4.52. The maximum atomic E-state index is 5.87. The molecule has 0 aliphatic carbocycles. The van der Waals surface area contributed by atoms with Gasteiger partial charge in [-0.2, -0.15) is 0 Å². The Bertz CT molecular complexity index is 309. The van der Waals surface area contributed by atoms with Gasteiger partial charge in [0, 0.05) is 14.2 Å². The van der Waals surface area contributed by atoms with E-state index in [4.69, 9.17) is 33.2 Å². The highest BCUT2D eigenvalue weighted by Gasteiger charge is 2.54. The second-order valence-electron chi connectivity index (χ2n) is 6.21. The summed E-state index contributed by atoms with van der Waals surface area (Å²) in [6, 6.07) is 0. The van der Waals surface area contributed by atoms with E-state index in [0.717, 1.165) is 0 Å². The van der Waals surface area contributed by atoms with Crippen molar-refractivity contribution in [1.29, 1.82) is 0 Å². The Hall–Kier alpha value is -0.280. The molecule has 136 valence electrons. The molecule has 2 saturated heterocycles. The van der Waals surface area contributed by atoms with Gasteiger partial charge in [0.25, 0.3) is 0 Å². The Morgan fingerprint density at radius 3 is 1.48 bits per heavy atom. The zero-order valence-electron chi connectivity index (χ0n) is 14.7. The lowest BCUT2D eigenvalue weighted by molar-refractivity contribution is -0.0705. The maximum Gasteiger partial charge on any atom is 0.140 e. The number of ether oxygens (including phenoxy) is 7. The molecule has 7 heteroatoms. The van der Waals surface area contributed by atoms with Crippen molar-refractivity contribution in [2.75, 3.05) is 67.1 Å². The Morgan fingerprint density at radius 1 is 0.783 bits per heavy atom. The molecule has 2 fully saturated rings. The van der Waals surface area contributed by atoms with Gasteiger partial charge in [0.05, 0.1) is 65.1 Å². The highest BCUT2D eigenvalue weighted by molar-refractivity contribution is 5.01. The van der Waals surface area contributed by atoms with Crippen LogP contribution >= 0.6 is 0 Å². The van der Waals surface area contributed by atoms with Crippen molar-refractivity contribution in [3.63, 3.8) is 0 Å². The minimum Gasteiger partial charge on any atom is -0.382 e. The van der Waals surface area contributed by atoms with Crippen LogP contribution in [0.15, 0.2) is 0 Å². The van der Waals surface area contributed by atoms with Crippen LogP contribution in [0.25, 0.3) is 0 Å². The lowest BCUT2D eigenvalue weighted by atomic mass is 10.1. The summed E-state index contributed by atoms with van der Waals surface area (Å²) >= 11 is 0. The first-order valence-corrected chi connectivity index (χ1v) is 8.15. The number of rotatable bonds is 14. The van der Waals surface area contributed by atoms with Crippen LogP contribution in [0, 0.1) is 0 Å². The first kappa shape index (κ1) is 19.1. The molecule has 0 saturated carbocycles. The van der Waals surface area contributed by atoms with Crippen molar-refractivity contribution >= 4 is 0 Å². The summed E-state index contributed by atoms with van der Waals surface area (Å²) < 4.78 is 38.5. The Kier molecular flexibility index (Phi) is 7.21. The summed E-state index contributed by atoms with van der Waals surface area (Å²) in [7, 11) is 3.32. The third kappa shape index (κ3) is 5.35. The van der Waals surface area contributed by atoms with E-state index in [-0.39, 0.29) is 23.4 Å². The second-order valence-corrected chi connectivity index (χ2v) is 6.21. The summed E-state index contributed by atoms with van der Waals surface area (Å²) in [6.45, 7) is 8.60. The summed E-state index contributed by atoms with van der Waals surface area (Å²) in [4.78, 5) is 0. The molecular weight excluding hydrogens is 304 g/mol. The molecule has 0 bridgehead atoms. The van der Waals surface area contributed by atoms with Crippen LogP contribution in [-0.4, -0.2) is 90.5 Å². The molecule has 23 heavy (non-hydrogen) atoms. The van der Waals surface area contributed by atoms with Gasteiger partial charge in [-0.25, -0.2) is 0 Å². The van der Waals surface area contributed by atoms with Crippen molar-refractivity contribution in [2.24, 2.45) is 0 Å². The van der Waals surface area contributed by atoms with Crippen LogP contribution in [0.1, 0.15) is 13.8 Å². The maximum absolute atomic E-state index is 5.87. The highest BCUT2D eigenvalue weighted by Crippen LogP contribution is 2.36. The van der Waals surface area contributed by atoms with Crippen LogP contribution < -0.4 is 0 Å². The Balaban J connectivity index is 1.66. The van der Waals surface area contributed by atoms with E-state index in [1.807, 2.05) is 13.8 Å².